The van der Waals surface area contributed by atoms with E-state index in [1.54, 1.807) is 6.92 Å². The van der Waals surface area contributed by atoms with Crippen LogP contribution in [0.2, 0.25) is 0 Å². The number of methoxy groups -OCH3 is 1. The normalized spacial score (nSPS) is 13.1. The molecule has 0 amide bonds. The van der Waals surface area contributed by atoms with E-state index in [0.29, 0.717) is 18.7 Å². The zero-order valence-corrected chi connectivity index (χ0v) is 10.2. The predicted octanol–water partition coefficient (Wildman–Crippen LogP) is 2.23. The molecule has 6 heteroatoms. The van der Waals surface area contributed by atoms with Gasteiger partial charge >= 0.3 is 0 Å². The van der Waals surface area contributed by atoms with Gasteiger partial charge in [0.15, 0.2) is 5.82 Å². The van der Waals surface area contributed by atoms with E-state index < -0.39 is 6.43 Å². The minimum Gasteiger partial charge on any atom is -0.374 e. The Balaban J connectivity index is 2.99. The van der Waals surface area contributed by atoms with Crippen LogP contribution in [-0.4, -0.2) is 23.6 Å². The van der Waals surface area contributed by atoms with E-state index in [1.807, 2.05) is 6.92 Å². The maximum atomic E-state index is 12.8. The first kappa shape index (κ1) is 13.9. The standard InChI is InChI=1S/C11H17F2N3O/c1-4-14-5-8-6-15-11(7(2)17-3)16-9(8)10(12)13/h6-7,10,14H,4-5H2,1-3H3. The monoisotopic (exact) mass is 245 g/mol. The predicted molar refractivity (Wildman–Crippen MR) is 59.8 cm³/mol. The summed E-state index contributed by atoms with van der Waals surface area (Å²) in [5, 5.41) is 2.98. The third kappa shape index (κ3) is 3.67. The van der Waals surface area contributed by atoms with Gasteiger partial charge in [0.25, 0.3) is 6.43 Å². The van der Waals surface area contributed by atoms with Gasteiger partial charge in [-0.3, -0.25) is 0 Å². The molecule has 1 atom stereocenters. The van der Waals surface area contributed by atoms with Gasteiger partial charge in [0.1, 0.15) is 11.8 Å². The van der Waals surface area contributed by atoms with E-state index in [9.17, 15) is 8.78 Å². The highest BCUT2D eigenvalue weighted by atomic mass is 19.3. The highest BCUT2D eigenvalue weighted by Gasteiger charge is 2.18. The Morgan fingerprint density at radius 3 is 2.71 bits per heavy atom. The molecule has 0 aliphatic carbocycles. The van der Waals surface area contributed by atoms with Crippen molar-refractivity contribution in [2.75, 3.05) is 13.7 Å². The number of halogens is 2. The van der Waals surface area contributed by atoms with Crippen molar-refractivity contribution in [2.24, 2.45) is 0 Å². The number of nitrogens with zero attached hydrogens (tertiary/aromatic N) is 2. The molecule has 0 spiro atoms. The summed E-state index contributed by atoms with van der Waals surface area (Å²) in [6.07, 6.45) is -1.56. The molecular formula is C11H17F2N3O. The highest BCUT2D eigenvalue weighted by molar-refractivity contribution is 5.19. The quantitative estimate of drug-likeness (QED) is 0.834. The summed E-state index contributed by atoms with van der Waals surface area (Å²) in [4.78, 5) is 7.91. The topological polar surface area (TPSA) is 47.0 Å². The summed E-state index contributed by atoms with van der Waals surface area (Å²) in [5.74, 6) is 0.281. The van der Waals surface area contributed by atoms with E-state index in [1.165, 1.54) is 13.3 Å². The first-order chi connectivity index (χ1) is 8.10. The average Bonchev–Trinajstić information content (AvgIpc) is 2.35. The van der Waals surface area contributed by atoms with Crippen LogP contribution in [0.15, 0.2) is 6.20 Å². The largest absolute Gasteiger partial charge is 0.374 e. The zero-order chi connectivity index (χ0) is 12.8. The SMILES string of the molecule is CCNCc1cnc(C(C)OC)nc1C(F)F. The Labute approximate surface area is 99.4 Å². The molecule has 17 heavy (non-hydrogen) atoms. The smallest absolute Gasteiger partial charge is 0.280 e. The molecule has 1 N–H and O–H groups in total. The van der Waals surface area contributed by atoms with Crippen LogP contribution >= 0.6 is 0 Å². The van der Waals surface area contributed by atoms with Crippen LogP contribution in [0.4, 0.5) is 8.78 Å². The average molecular weight is 245 g/mol. The second-order valence-electron chi connectivity index (χ2n) is 3.60. The highest BCUT2D eigenvalue weighted by Crippen LogP contribution is 2.22. The minimum atomic E-state index is -2.60. The first-order valence-electron chi connectivity index (χ1n) is 5.47. The second kappa shape index (κ2) is 6.56. The van der Waals surface area contributed by atoms with Gasteiger partial charge in [0.05, 0.1) is 0 Å². The molecule has 0 radical (unpaired) electrons. The van der Waals surface area contributed by atoms with Crippen molar-refractivity contribution in [1.29, 1.82) is 0 Å². The van der Waals surface area contributed by atoms with E-state index in [4.69, 9.17) is 4.74 Å². The van der Waals surface area contributed by atoms with Crippen LogP contribution in [-0.2, 0) is 11.3 Å². The van der Waals surface area contributed by atoms with E-state index in [2.05, 4.69) is 15.3 Å². The number of rotatable bonds is 6. The lowest BCUT2D eigenvalue weighted by molar-refractivity contribution is 0.108. The number of hydrogen-bond donors (Lipinski definition) is 1. The van der Waals surface area contributed by atoms with Gasteiger partial charge in [0, 0.05) is 25.4 Å². The van der Waals surface area contributed by atoms with E-state index in [0.717, 1.165) is 0 Å². The van der Waals surface area contributed by atoms with Crippen molar-refractivity contribution in [3.05, 3.63) is 23.3 Å². The fourth-order valence-electron chi connectivity index (χ4n) is 1.32. The second-order valence-corrected chi connectivity index (χ2v) is 3.60. The summed E-state index contributed by atoms with van der Waals surface area (Å²) in [5.41, 5.74) is 0.203. The molecule has 1 heterocycles. The van der Waals surface area contributed by atoms with Gasteiger partial charge in [0.2, 0.25) is 0 Å². The molecule has 0 fully saturated rings. The summed E-state index contributed by atoms with van der Waals surface area (Å²) in [6, 6.07) is 0. The van der Waals surface area contributed by atoms with Crippen molar-refractivity contribution >= 4 is 0 Å². The first-order valence-corrected chi connectivity index (χ1v) is 5.47. The third-order valence-electron chi connectivity index (χ3n) is 2.41. The van der Waals surface area contributed by atoms with Gasteiger partial charge in [-0.2, -0.15) is 0 Å². The lowest BCUT2D eigenvalue weighted by atomic mass is 10.2. The summed E-state index contributed by atoms with van der Waals surface area (Å²) < 4.78 is 30.7. The van der Waals surface area contributed by atoms with Crippen molar-refractivity contribution < 1.29 is 13.5 Å². The molecule has 1 aromatic heterocycles. The molecule has 0 aliphatic rings. The summed E-state index contributed by atoms with van der Waals surface area (Å²) >= 11 is 0. The van der Waals surface area contributed by atoms with Crippen LogP contribution in [0.1, 0.15) is 43.5 Å². The van der Waals surface area contributed by atoms with Crippen LogP contribution in [0, 0.1) is 0 Å². The van der Waals surface area contributed by atoms with Gasteiger partial charge < -0.3 is 10.1 Å². The number of aromatic nitrogens is 2. The zero-order valence-electron chi connectivity index (χ0n) is 10.2. The lowest BCUT2D eigenvalue weighted by Crippen LogP contribution is -2.16. The Kier molecular flexibility index (Phi) is 5.37. The molecule has 0 aromatic carbocycles. The van der Waals surface area contributed by atoms with E-state index >= 15 is 0 Å². The lowest BCUT2D eigenvalue weighted by Gasteiger charge is -2.12. The van der Waals surface area contributed by atoms with Gasteiger partial charge in [-0.1, -0.05) is 6.92 Å². The fourth-order valence-corrected chi connectivity index (χ4v) is 1.32. The minimum absolute atomic E-state index is 0.222. The molecule has 0 aliphatic heterocycles. The Hall–Kier alpha value is -1.14. The third-order valence-corrected chi connectivity index (χ3v) is 2.41. The maximum absolute atomic E-state index is 12.8. The number of ether oxygens (including phenoxy) is 1. The number of nitrogens with one attached hydrogen (secondary N) is 1. The van der Waals surface area contributed by atoms with Crippen LogP contribution in [0.3, 0.4) is 0 Å². The molecule has 1 aromatic rings. The van der Waals surface area contributed by atoms with Crippen LogP contribution in [0.5, 0.6) is 0 Å². The van der Waals surface area contributed by atoms with E-state index in [-0.39, 0.29) is 17.6 Å². The fraction of sp³-hybridized carbons (Fsp3) is 0.636. The molecule has 0 bridgehead atoms. The Bertz CT molecular complexity index is 361. The molecule has 1 rings (SSSR count). The molecule has 0 saturated carbocycles. The molecule has 96 valence electrons. The Morgan fingerprint density at radius 1 is 1.47 bits per heavy atom. The number of hydrogen-bond acceptors (Lipinski definition) is 4. The van der Waals surface area contributed by atoms with Gasteiger partial charge in [-0.05, 0) is 13.5 Å². The van der Waals surface area contributed by atoms with Crippen molar-refractivity contribution in [3.63, 3.8) is 0 Å². The van der Waals surface area contributed by atoms with Crippen LogP contribution < -0.4 is 5.32 Å². The molecule has 4 nitrogen and oxygen atoms in total. The van der Waals surface area contributed by atoms with Crippen molar-refractivity contribution in [2.45, 2.75) is 32.9 Å². The summed E-state index contributed by atoms with van der Waals surface area (Å²) in [7, 11) is 1.49. The number of alkyl halides is 2. The van der Waals surface area contributed by atoms with Crippen molar-refractivity contribution in [3.8, 4) is 0 Å². The summed E-state index contributed by atoms with van der Waals surface area (Å²) in [6.45, 7) is 4.68. The molecule has 0 saturated heterocycles. The molecule has 1 unspecified atom stereocenters. The molecular weight excluding hydrogens is 228 g/mol. The Morgan fingerprint density at radius 2 is 2.18 bits per heavy atom. The maximum Gasteiger partial charge on any atom is 0.280 e. The van der Waals surface area contributed by atoms with Gasteiger partial charge in [-0.15, -0.1) is 0 Å². The van der Waals surface area contributed by atoms with Crippen LogP contribution in [0.25, 0.3) is 0 Å². The van der Waals surface area contributed by atoms with Crippen molar-refractivity contribution in [1.82, 2.24) is 15.3 Å². The van der Waals surface area contributed by atoms with Gasteiger partial charge in [-0.25, -0.2) is 18.7 Å².